The third-order valence-electron chi connectivity index (χ3n) is 10.0. The molecule has 0 aliphatic carbocycles. The lowest BCUT2D eigenvalue weighted by Crippen LogP contribution is -2.10. The highest BCUT2D eigenvalue weighted by molar-refractivity contribution is 6.14. The van der Waals surface area contributed by atoms with E-state index in [9.17, 15) is 0 Å². The van der Waals surface area contributed by atoms with Crippen molar-refractivity contribution in [1.29, 1.82) is 0 Å². The minimum atomic E-state index is 0.872. The Morgan fingerprint density at radius 3 is 1.68 bits per heavy atom. The molecule has 1 aromatic heterocycles. The molecule has 0 saturated heterocycles. The van der Waals surface area contributed by atoms with E-state index in [1.54, 1.807) is 0 Å². The second-order valence-corrected chi connectivity index (χ2v) is 12.9. The molecule has 0 aliphatic rings. The molecule has 10 rings (SSSR count). The fourth-order valence-electron chi connectivity index (χ4n) is 7.62. The summed E-state index contributed by atoms with van der Waals surface area (Å²) < 4.78 is 6.76. The summed E-state index contributed by atoms with van der Waals surface area (Å²) in [4.78, 5) is 2.33. The molecule has 0 saturated carbocycles. The topological polar surface area (TPSA) is 16.4 Å². The van der Waals surface area contributed by atoms with Gasteiger partial charge in [-0.05, 0) is 97.0 Å². The van der Waals surface area contributed by atoms with E-state index in [4.69, 9.17) is 4.42 Å². The number of fused-ring (bicyclic) bond motifs is 6. The number of furan rings is 1. The van der Waals surface area contributed by atoms with Crippen LogP contribution in [-0.4, -0.2) is 0 Å². The molecule has 9 aromatic carbocycles. The van der Waals surface area contributed by atoms with E-state index in [-0.39, 0.29) is 0 Å². The molecule has 0 N–H and O–H groups in total. The summed E-state index contributed by atoms with van der Waals surface area (Å²) >= 11 is 0. The molecule has 0 unspecified atom stereocenters. The van der Waals surface area contributed by atoms with Gasteiger partial charge in [0, 0.05) is 22.1 Å². The van der Waals surface area contributed by atoms with Gasteiger partial charge < -0.3 is 9.32 Å². The van der Waals surface area contributed by atoms with Crippen LogP contribution in [0.15, 0.2) is 192 Å². The summed E-state index contributed by atoms with van der Waals surface area (Å²) in [6.07, 6.45) is 0. The predicted molar refractivity (Wildman–Crippen MR) is 212 cm³/mol. The first-order valence-corrected chi connectivity index (χ1v) is 17.1. The summed E-state index contributed by atoms with van der Waals surface area (Å²) in [5.41, 5.74) is 9.76. The minimum Gasteiger partial charge on any atom is -0.454 e. The predicted octanol–water partition coefficient (Wildman–Crippen LogP) is 13.8. The van der Waals surface area contributed by atoms with Gasteiger partial charge in [-0.2, -0.15) is 0 Å². The molecule has 2 heteroatoms. The minimum absolute atomic E-state index is 0.872. The van der Waals surface area contributed by atoms with Crippen molar-refractivity contribution in [2.24, 2.45) is 0 Å². The van der Waals surface area contributed by atoms with Gasteiger partial charge in [0.2, 0.25) is 0 Å². The Balaban J connectivity index is 1.16. The maximum absolute atomic E-state index is 6.76. The molecule has 0 amide bonds. The lowest BCUT2D eigenvalue weighted by molar-refractivity contribution is 0.669. The molecule has 2 nitrogen and oxygen atoms in total. The number of rotatable bonds is 5. The van der Waals surface area contributed by atoms with Gasteiger partial charge in [-0.25, -0.2) is 0 Å². The van der Waals surface area contributed by atoms with E-state index >= 15 is 0 Å². The number of nitrogens with zero attached hydrogens (tertiary/aromatic N) is 1. The van der Waals surface area contributed by atoms with Gasteiger partial charge in [-0.3, -0.25) is 0 Å². The summed E-state index contributed by atoms with van der Waals surface area (Å²) in [6.45, 7) is 0. The van der Waals surface area contributed by atoms with Crippen molar-refractivity contribution in [2.45, 2.75) is 0 Å². The summed E-state index contributed by atoms with van der Waals surface area (Å²) in [5.74, 6) is 0. The number of benzene rings is 9. The molecule has 0 atom stereocenters. The van der Waals surface area contributed by atoms with E-state index in [1.165, 1.54) is 54.6 Å². The zero-order valence-corrected chi connectivity index (χ0v) is 27.3. The van der Waals surface area contributed by atoms with Gasteiger partial charge >= 0.3 is 0 Å². The smallest absolute Gasteiger partial charge is 0.159 e. The standard InChI is InChI=1S/C48H31NO/c1-2-12-33(13-3-1)41-19-8-17-35-18-9-20-42(47(35)41)34-24-26-39(27-25-34)49(40-28-23-32-11-4-5-14-36(32)29-40)45-22-10-21-43-44-30-37-15-6-7-16-38(37)31-46(44)50-48(43)45/h1-31H. The van der Waals surface area contributed by atoms with Gasteiger partial charge in [0.05, 0.1) is 5.69 Å². The zero-order valence-electron chi connectivity index (χ0n) is 27.3. The summed E-state index contributed by atoms with van der Waals surface area (Å²) in [5, 5.41) is 9.51. The third kappa shape index (κ3) is 4.65. The Hall–Kier alpha value is -6.64. The Kier molecular flexibility index (Phi) is 6.53. The molecule has 1 heterocycles. The van der Waals surface area contributed by atoms with Crippen LogP contribution in [0.1, 0.15) is 0 Å². The molecule has 0 aliphatic heterocycles. The van der Waals surface area contributed by atoms with Crippen LogP contribution in [0.2, 0.25) is 0 Å². The summed E-state index contributed by atoms with van der Waals surface area (Å²) in [6, 6.07) is 67.5. The van der Waals surface area contributed by atoms with Crippen LogP contribution >= 0.6 is 0 Å². The SMILES string of the molecule is c1ccc(-c2cccc3cccc(-c4ccc(N(c5ccc6ccccc6c5)c5cccc6c5oc5cc7ccccc7cc56)cc4)c23)cc1. The molecular weight excluding hydrogens is 607 g/mol. The fourth-order valence-corrected chi connectivity index (χ4v) is 7.62. The van der Waals surface area contributed by atoms with E-state index in [0.29, 0.717) is 0 Å². The number of anilines is 3. The van der Waals surface area contributed by atoms with Gasteiger partial charge in [0.25, 0.3) is 0 Å². The van der Waals surface area contributed by atoms with Gasteiger partial charge in [-0.15, -0.1) is 0 Å². The number of para-hydroxylation sites is 1. The molecular formula is C48H31NO. The highest BCUT2D eigenvalue weighted by Gasteiger charge is 2.20. The average molecular weight is 638 g/mol. The lowest BCUT2D eigenvalue weighted by atomic mass is 9.91. The van der Waals surface area contributed by atoms with Crippen molar-refractivity contribution in [3.8, 4) is 22.3 Å². The van der Waals surface area contributed by atoms with Crippen molar-refractivity contribution >= 4 is 71.3 Å². The molecule has 234 valence electrons. The normalized spacial score (nSPS) is 11.6. The highest BCUT2D eigenvalue weighted by Crippen LogP contribution is 2.44. The van der Waals surface area contributed by atoms with Crippen molar-refractivity contribution in [3.05, 3.63) is 188 Å². The number of hydrogen-bond acceptors (Lipinski definition) is 2. The van der Waals surface area contributed by atoms with Crippen LogP contribution < -0.4 is 4.90 Å². The van der Waals surface area contributed by atoms with Crippen molar-refractivity contribution < 1.29 is 4.42 Å². The second-order valence-electron chi connectivity index (χ2n) is 12.9. The zero-order chi connectivity index (χ0) is 33.0. The van der Waals surface area contributed by atoms with E-state index in [0.717, 1.165) is 39.0 Å². The summed E-state index contributed by atoms with van der Waals surface area (Å²) in [7, 11) is 0. The second kappa shape index (κ2) is 11.5. The maximum Gasteiger partial charge on any atom is 0.159 e. The van der Waals surface area contributed by atoms with Crippen LogP contribution in [0.5, 0.6) is 0 Å². The first-order valence-electron chi connectivity index (χ1n) is 17.1. The highest BCUT2D eigenvalue weighted by atomic mass is 16.3. The van der Waals surface area contributed by atoms with Crippen molar-refractivity contribution in [3.63, 3.8) is 0 Å². The van der Waals surface area contributed by atoms with Crippen LogP contribution in [0.4, 0.5) is 17.1 Å². The third-order valence-corrected chi connectivity index (χ3v) is 10.0. The lowest BCUT2D eigenvalue weighted by Gasteiger charge is -2.26. The van der Waals surface area contributed by atoms with Crippen LogP contribution in [-0.2, 0) is 0 Å². The Morgan fingerprint density at radius 1 is 0.360 bits per heavy atom. The van der Waals surface area contributed by atoms with Crippen molar-refractivity contribution in [2.75, 3.05) is 4.90 Å². The van der Waals surface area contributed by atoms with Crippen LogP contribution in [0, 0.1) is 0 Å². The maximum atomic E-state index is 6.76. The number of hydrogen-bond donors (Lipinski definition) is 0. The van der Waals surface area contributed by atoms with Crippen LogP contribution in [0.25, 0.3) is 76.5 Å². The fraction of sp³-hybridized carbons (Fsp3) is 0. The van der Waals surface area contributed by atoms with Gasteiger partial charge in [-0.1, -0.05) is 146 Å². The molecule has 50 heavy (non-hydrogen) atoms. The largest absolute Gasteiger partial charge is 0.454 e. The molecule has 0 radical (unpaired) electrons. The Morgan fingerprint density at radius 2 is 0.940 bits per heavy atom. The Bertz CT molecular complexity index is 2860. The first kappa shape index (κ1) is 28.4. The van der Waals surface area contributed by atoms with E-state index in [2.05, 4.69) is 193 Å². The Labute approximate surface area is 290 Å². The van der Waals surface area contributed by atoms with Gasteiger partial charge in [0.1, 0.15) is 5.58 Å². The molecule has 0 bridgehead atoms. The van der Waals surface area contributed by atoms with Crippen molar-refractivity contribution in [1.82, 2.24) is 0 Å². The molecule has 10 aromatic rings. The molecule has 0 fully saturated rings. The quantitative estimate of drug-likeness (QED) is 0.187. The first-order chi connectivity index (χ1) is 24.8. The monoisotopic (exact) mass is 637 g/mol. The van der Waals surface area contributed by atoms with E-state index < -0.39 is 0 Å². The van der Waals surface area contributed by atoms with Gasteiger partial charge in [0.15, 0.2) is 5.58 Å². The molecule has 0 spiro atoms. The van der Waals surface area contributed by atoms with Crippen LogP contribution in [0.3, 0.4) is 0 Å². The average Bonchev–Trinajstić information content (AvgIpc) is 3.55. The van der Waals surface area contributed by atoms with E-state index in [1.807, 2.05) is 0 Å².